The van der Waals surface area contributed by atoms with Crippen LogP contribution in [-0.2, 0) is 14.2 Å². The minimum absolute atomic E-state index is 0.333. The van der Waals surface area contributed by atoms with Crippen molar-refractivity contribution in [1.82, 2.24) is 5.32 Å². The summed E-state index contributed by atoms with van der Waals surface area (Å²) < 4.78 is 16.2. The standard InChI is InChI=1S/C18H23NO4/c1-18(2,3)23-17(20)19-11-7-6-9-14-8-4-5-10-15(14)16-21-12-13-22-16/h4-5,8,10,16H,7,11-13H2,1-3H3,(H,19,20). The van der Waals surface area contributed by atoms with Gasteiger partial charge in [0.25, 0.3) is 0 Å². The zero-order chi connectivity index (χ0) is 16.7. The topological polar surface area (TPSA) is 56.8 Å². The molecule has 1 aromatic rings. The van der Waals surface area contributed by atoms with Crippen molar-refractivity contribution in [3.05, 3.63) is 35.4 Å². The van der Waals surface area contributed by atoms with Gasteiger partial charge in [-0.15, -0.1) is 0 Å². The molecule has 1 N–H and O–H groups in total. The minimum Gasteiger partial charge on any atom is -0.444 e. The van der Waals surface area contributed by atoms with Crippen molar-refractivity contribution in [1.29, 1.82) is 0 Å². The number of nitrogens with one attached hydrogen (secondary N) is 1. The Labute approximate surface area is 137 Å². The van der Waals surface area contributed by atoms with Gasteiger partial charge >= 0.3 is 6.09 Å². The van der Waals surface area contributed by atoms with Crippen molar-refractivity contribution < 1.29 is 19.0 Å². The van der Waals surface area contributed by atoms with E-state index in [9.17, 15) is 4.79 Å². The molecule has 5 heteroatoms. The van der Waals surface area contributed by atoms with Crippen LogP contribution in [0, 0.1) is 11.8 Å². The SMILES string of the molecule is CC(C)(C)OC(=O)NCCC#Cc1ccccc1C1OCCO1. The summed E-state index contributed by atoms with van der Waals surface area (Å²) in [5.41, 5.74) is 1.34. The lowest BCUT2D eigenvalue weighted by molar-refractivity contribution is -0.0442. The third kappa shape index (κ3) is 5.93. The van der Waals surface area contributed by atoms with Crippen molar-refractivity contribution in [3.63, 3.8) is 0 Å². The van der Waals surface area contributed by atoms with E-state index in [1.54, 1.807) is 0 Å². The molecule has 0 bridgehead atoms. The second-order valence-corrected chi connectivity index (χ2v) is 6.14. The monoisotopic (exact) mass is 317 g/mol. The van der Waals surface area contributed by atoms with Crippen LogP contribution >= 0.6 is 0 Å². The van der Waals surface area contributed by atoms with Crippen LogP contribution < -0.4 is 5.32 Å². The summed E-state index contributed by atoms with van der Waals surface area (Å²) in [5, 5.41) is 2.68. The summed E-state index contributed by atoms with van der Waals surface area (Å²) in [7, 11) is 0. The van der Waals surface area contributed by atoms with E-state index >= 15 is 0 Å². The first kappa shape index (κ1) is 17.3. The summed E-state index contributed by atoms with van der Waals surface area (Å²) in [4.78, 5) is 11.5. The third-order valence-electron chi connectivity index (χ3n) is 2.98. The molecule has 1 aliphatic heterocycles. The lowest BCUT2D eigenvalue weighted by atomic mass is 10.1. The zero-order valence-electron chi connectivity index (χ0n) is 13.8. The summed E-state index contributed by atoms with van der Waals surface area (Å²) in [6.45, 7) is 7.14. The zero-order valence-corrected chi connectivity index (χ0v) is 13.8. The number of hydrogen-bond acceptors (Lipinski definition) is 4. The van der Waals surface area contributed by atoms with Gasteiger partial charge in [0.15, 0.2) is 6.29 Å². The summed E-state index contributed by atoms with van der Waals surface area (Å²) >= 11 is 0. The molecule has 23 heavy (non-hydrogen) atoms. The maximum Gasteiger partial charge on any atom is 0.407 e. The number of rotatable bonds is 3. The quantitative estimate of drug-likeness (QED) is 0.688. The second kappa shape index (κ2) is 8.00. The number of carbonyl (C=O) groups is 1. The van der Waals surface area contributed by atoms with Crippen LogP contribution in [0.25, 0.3) is 0 Å². The summed E-state index contributed by atoms with van der Waals surface area (Å²) in [6.07, 6.45) is -0.215. The molecular formula is C18H23NO4. The maximum absolute atomic E-state index is 11.5. The number of hydrogen-bond donors (Lipinski definition) is 1. The van der Waals surface area contributed by atoms with E-state index in [2.05, 4.69) is 17.2 Å². The lowest BCUT2D eigenvalue weighted by Crippen LogP contribution is -2.32. The van der Waals surface area contributed by atoms with E-state index in [1.165, 1.54) is 0 Å². The molecule has 0 atom stereocenters. The molecule has 0 spiro atoms. The predicted octanol–water partition coefficient (Wildman–Crippen LogP) is 3.00. The third-order valence-corrected chi connectivity index (χ3v) is 2.98. The van der Waals surface area contributed by atoms with Crippen LogP contribution in [0.1, 0.15) is 44.6 Å². The molecule has 0 radical (unpaired) electrons. The highest BCUT2D eigenvalue weighted by molar-refractivity contribution is 5.67. The van der Waals surface area contributed by atoms with Crippen LogP contribution in [0.5, 0.6) is 0 Å². The molecule has 0 unspecified atom stereocenters. The average molecular weight is 317 g/mol. The van der Waals surface area contributed by atoms with E-state index in [0.29, 0.717) is 26.2 Å². The van der Waals surface area contributed by atoms with Gasteiger partial charge < -0.3 is 19.5 Å². The Bertz CT molecular complexity index is 589. The molecule has 1 saturated heterocycles. The van der Waals surface area contributed by atoms with Gasteiger partial charge in [0, 0.05) is 24.1 Å². The smallest absolute Gasteiger partial charge is 0.407 e. The van der Waals surface area contributed by atoms with E-state index in [1.807, 2.05) is 45.0 Å². The van der Waals surface area contributed by atoms with Crippen LogP contribution in [0.3, 0.4) is 0 Å². The molecule has 1 aliphatic rings. The normalized spacial score (nSPS) is 14.9. The molecule has 124 valence electrons. The molecular weight excluding hydrogens is 294 g/mol. The first-order valence-electron chi connectivity index (χ1n) is 7.73. The van der Waals surface area contributed by atoms with Crippen LogP contribution in [0.4, 0.5) is 4.79 Å². The van der Waals surface area contributed by atoms with E-state index in [0.717, 1.165) is 11.1 Å². The molecule has 1 amide bonds. The molecule has 2 rings (SSSR count). The Morgan fingerprint density at radius 3 is 2.70 bits per heavy atom. The Hall–Kier alpha value is -2.03. The van der Waals surface area contributed by atoms with Gasteiger partial charge in [-0.2, -0.15) is 0 Å². The number of amides is 1. The van der Waals surface area contributed by atoms with Crippen molar-refractivity contribution in [2.24, 2.45) is 0 Å². The number of carbonyl (C=O) groups excluding carboxylic acids is 1. The molecule has 1 fully saturated rings. The van der Waals surface area contributed by atoms with Crippen LogP contribution in [0.15, 0.2) is 24.3 Å². The van der Waals surface area contributed by atoms with Gasteiger partial charge in [0.1, 0.15) is 5.60 Å². The number of benzene rings is 1. The van der Waals surface area contributed by atoms with Crippen molar-refractivity contribution in [2.75, 3.05) is 19.8 Å². The Morgan fingerprint density at radius 2 is 2.00 bits per heavy atom. The lowest BCUT2D eigenvalue weighted by Gasteiger charge is -2.19. The van der Waals surface area contributed by atoms with E-state index in [4.69, 9.17) is 14.2 Å². The van der Waals surface area contributed by atoms with Gasteiger partial charge in [-0.3, -0.25) is 0 Å². The Kier molecular flexibility index (Phi) is 6.03. The van der Waals surface area contributed by atoms with E-state index < -0.39 is 11.7 Å². The molecule has 0 aromatic heterocycles. The van der Waals surface area contributed by atoms with Gasteiger partial charge in [0.05, 0.1) is 13.2 Å². The molecule has 1 aromatic carbocycles. The van der Waals surface area contributed by atoms with Gasteiger partial charge in [-0.25, -0.2) is 4.79 Å². The van der Waals surface area contributed by atoms with Crippen molar-refractivity contribution >= 4 is 6.09 Å². The summed E-state index contributed by atoms with van der Waals surface area (Å²) in [6, 6.07) is 7.77. The number of alkyl carbamates (subject to hydrolysis) is 1. The van der Waals surface area contributed by atoms with E-state index in [-0.39, 0.29) is 6.29 Å². The van der Waals surface area contributed by atoms with Crippen molar-refractivity contribution in [3.8, 4) is 11.8 Å². The fourth-order valence-electron chi connectivity index (χ4n) is 2.05. The van der Waals surface area contributed by atoms with Gasteiger partial charge in [0.2, 0.25) is 0 Å². The minimum atomic E-state index is -0.490. The second-order valence-electron chi connectivity index (χ2n) is 6.14. The Morgan fingerprint density at radius 1 is 1.30 bits per heavy atom. The Balaban J connectivity index is 1.84. The first-order valence-corrected chi connectivity index (χ1v) is 7.73. The highest BCUT2D eigenvalue weighted by Gasteiger charge is 2.20. The van der Waals surface area contributed by atoms with Crippen LogP contribution in [0.2, 0.25) is 0 Å². The molecule has 5 nitrogen and oxygen atoms in total. The maximum atomic E-state index is 11.5. The average Bonchev–Trinajstić information content (AvgIpc) is 2.99. The summed E-state index contributed by atoms with van der Waals surface area (Å²) in [5.74, 6) is 6.16. The fraction of sp³-hybridized carbons (Fsp3) is 0.500. The predicted molar refractivity (Wildman–Crippen MR) is 86.8 cm³/mol. The molecule has 1 heterocycles. The number of ether oxygens (including phenoxy) is 3. The fourth-order valence-corrected chi connectivity index (χ4v) is 2.05. The largest absolute Gasteiger partial charge is 0.444 e. The van der Waals surface area contributed by atoms with Crippen molar-refractivity contribution in [2.45, 2.75) is 39.1 Å². The van der Waals surface area contributed by atoms with Gasteiger partial charge in [-0.1, -0.05) is 30.0 Å². The molecule has 0 saturated carbocycles. The van der Waals surface area contributed by atoms with Gasteiger partial charge in [-0.05, 0) is 26.8 Å². The highest BCUT2D eigenvalue weighted by Crippen LogP contribution is 2.25. The molecule has 0 aliphatic carbocycles. The highest BCUT2D eigenvalue weighted by atomic mass is 16.7. The van der Waals surface area contributed by atoms with Crippen LogP contribution in [-0.4, -0.2) is 31.5 Å². The first-order chi connectivity index (χ1) is 11.0.